The van der Waals surface area contributed by atoms with Crippen molar-refractivity contribution in [2.24, 2.45) is 7.05 Å². The molecule has 0 amide bonds. The number of nitrogens with zero attached hydrogens (tertiary/aromatic N) is 1. The van der Waals surface area contributed by atoms with Crippen LogP contribution in [-0.2, 0) is 11.8 Å². The van der Waals surface area contributed by atoms with Crippen molar-refractivity contribution in [2.45, 2.75) is 5.92 Å². The van der Waals surface area contributed by atoms with Gasteiger partial charge in [-0.1, -0.05) is 6.07 Å². The molecule has 0 aliphatic carbocycles. The Hall–Kier alpha value is -1.28. The first-order valence-electron chi connectivity index (χ1n) is 4.97. The summed E-state index contributed by atoms with van der Waals surface area (Å²) in [6, 6.07) is 8.86. The highest BCUT2D eigenvalue weighted by Gasteiger charge is 2.20. The highest BCUT2D eigenvalue weighted by molar-refractivity contribution is 5.80. The average molecular weight is 187 g/mol. The Bertz CT molecular complexity index is 468. The normalized spacial score (nSPS) is 17.2. The standard InChI is InChI=1S/C12H13NO/c1-13-5-4-10-6-9(2-3-12(10)13)11-7-14-8-11/h2-6,11H,7-8H2,1H3. The van der Waals surface area contributed by atoms with Crippen LogP contribution in [0.15, 0.2) is 30.5 Å². The van der Waals surface area contributed by atoms with E-state index >= 15 is 0 Å². The number of aryl methyl sites for hydroxylation is 1. The minimum absolute atomic E-state index is 0.625. The topological polar surface area (TPSA) is 14.2 Å². The van der Waals surface area contributed by atoms with Crippen molar-refractivity contribution >= 4 is 10.9 Å². The third-order valence-electron chi connectivity index (χ3n) is 3.02. The summed E-state index contributed by atoms with van der Waals surface area (Å²) < 4.78 is 7.35. The number of hydrogen-bond donors (Lipinski definition) is 0. The molecule has 72 valence electrons. The number of hydrogen-bond acceptors (Lipinski definition) is 1. The van der Waals surface area contributed by atoms with Gasteiger partial charge in [-0.25, -0.2) is 0 Å². The minimum Gasteiger partial charge on any atom is -0.380 e. The van der Waals surface area contributed by atoms with Crippen molar-refractivity contribution in [2.75, 3.05) is 13.2 Å². The van der Waals surface area contributed by atoms with Crippen LogP contribution in [0.3, 0.4) is 0 Å². The van der Waals surface area contributed by atoms with Gasteiger partial charge in [0.1, 0.15) is 0 Å². The maximum absolute atomic E-state index is 5.20. The van der Waals surface area contributed by atoms with Crippen molar-refractivity contribution < 1.29 is 4.74 Å². The zero-order valence-electron chi connectivity index (χ0n) is 8.23. The average Bonchev–Trinajstić information content (AvgIpc) is 2.45. The molecule has 1 saturated heterocycles. The summed E-state index contributed by atoms with van der Waals surface area (Å²) >= 11 is 0. The maximum atomic E-state index is 5.20. The molecule has 2 aromatic rings. The molecule has 0 N–H and O–H groups in total. The first kappa shape index (κ1) is 8.06. The van der Waals surface area contributed by atoms with E-state index in [-0.39, 0.29) is 0 Å². The van der Waals surface area contributed by atoms with Gasteiger partial charge >= 0.3 is 0 Å². The summed E-state index contributed by atoms with van der Waals surface area (Å²) in [7, 11) is 2.08. The Morgan fingerprint density at radius 1 is 1.29 bits per heavy atom. The summed E-state index contributed by atoms with van der Waals surface area (Å²) in [5.74, 6) is 0.625. The fourth-order valence-corrected chi connectivity index (χ4v) is 1.98. The molecule has 0 bridgehead atoms. The van der Waals surface area contributed by atoms with Crippen molar-refractivity contribution in [3.63, 3.8) is 0 Å². The second-order valence-electron chi connectivity index (χ2n) is 3.98. The molecule has 0 spiro atoms. The van der Waals surface area contributed by atoms with Crippen LogP contribution in [-0.4, -0.2) is 17.8 Å². The molecule has 1 aliphatic heterocycles. The van der Waals surface area contributed by atoms with E-state index in [4.69, 9.17) is 4.74 Å². The van der Waals surface area contributed by atoms with E-state index in [0.29, 0.717) is 5.92 Å². The molecule has 1 aromatic carbocycles. The van der Waals surface area contributed by atoms with Gasteiger partial charge in [0.15, 0.2) is 0 Å². The molecule has 2 heteroatoms. The molecule has 0 radical (unpaired) electrons. The number of rotatable bonds is 1. The molecule has 14 heavy (non-hydrogen) atoms. The molecular weight excluding hydrogens is 174 g/mol. The molecule has 1 aliphatic rings. The van der Waals surface area contributed by atoms with Crippen LogP contribution in [0, 0.1) is 0 Å². The third-order valence-corrected chi connectivity index (χ3v) is 3.02. The SMILES string of the molecule is Cn1ccc2cc(C3COC3)ccc21. The number of ether oxygens (including phenoxy) is 1. The second kappa shape index (κ2) is 2.85. The molecule has 0 saturated carbocycles. The predicted octanol–water partition coefficient (Wildman–Crippen LogP) is 2.29. The van der Waals surface area contributed by atoms with E-state index < -0.39 is 0 Å². The fourth-order valence-electron chi connectivity index (χ4n) is 1.98. The molecule has 0 atom stereocenters. The van der Waals surface area contributed by atoms with E-state index in [1.165, 1.54) is 16.5 Å². The summed E-state index contributed by atoms with van der Waals surface area (Å²) in [6.07, 6.45) is 2.10. The first-order valence-corrected chi connectivity index (χ1v) is 4.97. The number of fused-ring (bicyclic) bond motifs is 1. The van der Waals surface area contributed by atoms with Gasteiger partial charge in [0.05, 0.1) is 13.2 Å². The van der Waals surface area contributed by atoms with Crippen molar-refractivity contribution in [1.29, 1.82) is 0 Å². The Labute approximate surface area is 83.1 Å². The molecule has 1 fully saturated rings. The highest BCUT2D eigenvalue weighted by Crippen LogP contribution is 2.27. The zero-order valence-corrected chi connectivity index (χ0v) is 8.23. The van der Waals surface area contributed by atoms with Crippen LogP contribution in [0.1, 0.15) is 11.5 Å². The van der Waals surface area contributed by atoms with Gasteiger partial charge < -0.3 is 9.30 Å². The van der Waals surface area contributed by atoms with Gasteiger partial charge in [0, 0.05) is 24.7 Å². The van der Waals surface area contributed by atoms with E-state index in [1.807, 2.05) is 0 Å². The van der Waals surface area contributed by atoms with Crippen LogP contribution in [0.5, 0.6) is 0 Å². The number of benzene rings is 1. The van der Waals surface area contributed by atoms with Crippen molar-refractivity contribution in [1.82, 2.24) is 4.57 Å². The third kappa shape index (κ3) is 1.07. The van der Waals surface area contributed by atoms with Crippen molar-refractivity contribution in [3.8, 4) is 0 Å². The largest absolute Gasteiger partial charge is 0.380 e. The van der Waals surface area contributed by atoms with E-state index in [9.17, 15) is 0 Å². The van der Waals surface area contributed by atoms with Crippen LogP contribution >= 0.6 is 0 Å². The lowest BCUT2D eigenvalue weighted by Gasteiger charge is -2.26. The molecule has 2 nitrogen and oxygen atoms in total. The zero-order chi connectivity index (χ0) is 9.54. The van der Waals surface area contributed by atoms with Crippen LogP contribution < -0.4 is 0 Å². The van der Waals surface area contributed by atoms with Crippen LogP contribution in [0.2, 0.25) is 0 Å². The molecule has 1 aromatic heterocycles. The van der Waals surface area contributed by atoms with Crippen molar-refractivity contribution in [3.05, 3.63) is 36.0 Å². The van der Waals surface area contributed by atoms with E-state index in [2.05, 4.69) is 42.1 Å². The second-order valence-corrected chi connectivity index (χ2v) is 3.98. The Morgan fingerprint density at radius 2 is 2.14 bits per heavy atom. The maximum Gasteiger partial charge on any atom is 0.0557 e. The number of aromatic nitrogens is 1. The minimum atomic E-state index is 0.625. The molecular formula is C12H13NO. The van der Waals surface area contributed by atoms with Gasteiger partial charge in [0.25, 0.3) is 0 Å². The smallest absolute Gasteiger partial charge is 0.0557 e. The van der Waals surface area contributed by atoms with Gasteiger partial charge in [0.2, 0.25) is 0 Å². The lowest BCUT2D eigenvalue weighted by Crippen LogP contribution is -2.24. The van der Waals surface area contributed by atoms with Gasteiger partial charge in [-0.05, 0) is 29.1 Å². The summed E-state index contributed by atoms with van der Waals surface area (Å²) in [5.41, 5.74) is 2.71. The summed E-state index contributed by atoms with van der Waals surface area (Å²) in [5, 5.41) is 1.33. The Kier molecular flexibility index (Phi) is 1.64. The first-order chi connectivity index (χ1) is 6.84. The molecule has 0 unspecified atom stereocenters. The fraction of sp³-hybridized carbons (Fsp3) is 0.333. The monoisotopic (exact) mass is 187 g/mol. The van der Waals surface area contributed by atoms with Gasteiger partial charge in [-0.2, -0.15) is 0 Å². The van der Waals surface area contributed by atoms with Crippen LogP contribution in [0.25, 0.3) is 10.9 Å². The van der Waals surface area contributed by atoms with E-state index in [0.717, 1.165) is 13.2 Å². The van der Waals surface area contributed by atoms with E-state index in [1.54, 1.807) is 0 Å². The van der Waals surface area contributed by atoms with Gasteiger partial charge in [-0.15, -0.1) is 0 Å². The predicted molar refractivity (Wildman–Crippen MR) is 56.5 cm³/mol. The highest BCUT2D eigenvalue weighted by atomic mass is 16.5. The lowest BCUT2D eigenvalue weighted by molar-refractivity contribution is 0.00847. The lowest BCUT2D eigenvalue weighted by atomic mass is 9.97. The Balaban J connectivity index is 2.10. The molecule has 3 rings (SSSR count). The quantitative estimate of drug-likeness (QED) is 0.668. The summed E-state index contributed by atoms with van der Waals surface area (Å²) in [4.78, 5) is 0. The van der Waals surface area contributed by atoms with Gasteiger partial charge in [-0.3, -0.25) is 0 Å². The molecule has 2 heterocycles. The summed E-state index contributed by atoms with van der Waals surface area (Å²) in [6.45, 7) is 1.77. The Morgan fingerprint density at radius 3 is 2.86 bits per heavy atom. The van der Waals surface area contributed by atoms with Crippen LogP contribution in [0.4, 0.5) is 0 Å².